The second-order valence-corrected chi connectivity index (χ2v) is 8.69. The Hall–Kier alpha value is -2.39. The number of halogens is 1. The Morgan fingerprint density at radius 3 is 2.50 bits per heavy atom. The fourth-order valence-corrected chi connectivity index (χ4v) is 4.55. The number of nitrogens with one attached hydrogen (secondary N) is 1. The lowest BCUT2D eigenvalue weighted by molar-refractivity contribution is -0.133. The van der Waals surface area contributed by atoms with Gasteiger partial charge in [-0.2, -0.15) is 10.1 Å². The van der Waals surface area contributed by atoms with Gasteiger partial charge in [-0.3, -0.25) is 9.48 Å². The summed E-state index contributed by atoms with van der Waals surface area (Å²) < 4.78 is 1.70. The number of nitrogens with zero attached hydrogens (tertiary/aromatic N) is 6. The van der Waals surface area contributed by atoms with Crippen LogP contribution >= 0.6 is 11.6 Å². The highest BCUT2D eigenvalue weighted by Gasteiger charge is 2.58. The molecule has 4 rings (SSSR count). The molecule has 0 radical (unpaired) electrons. The predicted octanol–water partition coefficient (Wildman–Crippen LogP) is 1.27. The van der Waals surface area contributed by atoms with E-state index in [-0.39, 0.29) is 16.7 Å². The topological polar surface area (TPSA) is 99.4 Å². The van der Waals surface area contributed by atoms with Crippen LogP contribution in [0.5, 0.6) is 0 Å². The summed E-state index contributed by atoms with van der Waals surface area (Å²) in [5.74, 6) is 0.920. The Kier molecular flexibility index (Phi) is 4.46. The van der Waals surface area contributed by atoms with Gasteiger partial charge < -0.3 is 20.2 Å². The normalized spacial score (nSPS) is 26.6. The maximum Gasteiger partial charge on any atom is 0.248 e. The van der Waals surface area contributed by atoms with E-state index in [4.69, 9.17) is 11.6 Å². The van der Waals surface area contributed by atoms with Crippen LogP contribution in [0.3, 0.4) is 0 Å². The molecular weight excluding hydrogens is 382 g/mol. The zero-order valence-corrected chi connectivity index (χ0v) is 16.9. The van der Waals surface area contributed by atoms with Crippen molar-refractivity contribution in [2.45, 2.75) is 13.8 Å². The molecule has 0 aliphatic carbocycles. The smallest absolute Gasteiger partial charge is 0.248 e. The minimum atomic E-state index is -0.447. The molecule has 2 aromatic rings. The molecule has 2 aliphatic rings. The first-order valence-corrected chi connectivity index (χ1v) is 9.53. The second-order valence-electron chi connectivity index (χ2n) is 8.28. The molecule has 150 valence electrons. The number of carbonyl (C=O) groups is 1. The molecule has 2 aliphatic heterocycles. The number of aliphatic hydroxyl groups is 1. The van der Waals surface area contributed by atoms with Gasteiger partial charge in [-0.05, 0) is 0 Å². The van der Waals surface area contributed by atoms with E-state index in [1.807, 2.05) is 13.2 Å². The van der Waals surface area contributed by atoms with Crippen molar-refractivity contribution in [2.24, 2.45) is 17.9 Å². The largest absolute Gasteiger partial charge is 0.387 e. The van der Waals surface area contributed by atoms with Gasteiger partial charge in [0.15, 0.2) is 5.82 Å². The van der Waals surface area contributed by atoms with Crippen molar-refractivity contribution in [3.8, 4) is 0 Å². The van der Waals surface area contributed by atoms with Crippen LogP contribution in [0, 0.1) is 10.8 Å². The monoisotopic (exact) mass is 405 g/mol. The van der Waals surface area contributed by atoms with E-state index in [2.05, 4.69) is 39.1 Å². The van der Waals surface area contributed by atoms with Crippen molar-refractivity contribution < 1.29 is 9.90 Å². The number of hydrogen-bond donors (Lipinski definition) is 2. The minimum Gasteiger partial charge on any atom is -0.387 e. The summed E-state index contributed by atoms with van der Waals surface area (Å²) in [4.78, 5) is 24.8. The number of fused-ring (bicyclic) bond motifs is 1. The number of anilines is 3. The van der Waals surface area contributed by atoms with E-state index in [9.17, 15) is 9.90 Å². The first-order chi connectivity index (χ1) is 13.2. The molecule has 0 spiro atoms. The molecule has 2 atom stereocenters. The summed E-state index contributed by atoms with van der Waals surface area (Å²) in [6.45, 7) is 6.59. The van der Waals surface area contributed by atoms with Crippen LogP contribution in [0.25, 0.3) is 0 Å². The van der Waals surface area contributed by atoms with Crippen LogP contribution in [-0.4, -0.2) is 68.4 Å². The number of rotatable bonds is 4. The summed E-state index contributed by atoms with van der Waals surface area (Å²) in [5, 5.41) is 17.0. The standard InChI is InChI=1S/C18H24ClN7O2/c1-17-8-25(14(28)7-27)9-18(17,2)11-26(10-17)15-13(19)5-20-16(23-15)22-12-4-21-24(3)6-12/h4-6,27H,7-11H2,1-3H3,(H,20,22,23)/t17-,18+. The Morgan fingerprint density at radius 1 is 1.25 bits per heavy atom. The van der Waals surface area contributed by atoms with Crippen LogP contribution in [0.4, 0.5) is 17.5 Å². The molecular formula is C18H24ClN7O2. The van der Waals surface area contributed by atoms with Crippen molar-refractivity contribution >= 4 is 35.0 Å². The third-order valence-corrected chi connectivity index (χ3v) is 6.36. The Morgan fingerprint density at radius 2 is 1.93 bits per heavy atom. The Labute approximate surface area is 168 Å². The lowest BCUT2D eigenvalue weighted by Gasteiger charge is -2.29. The number of carbonyl (C=O) groups excluding carboxylic acids is 1. The lowest BCUT2D eigenvalue weighted by atomic mass is 9.71. The van der Waals surface area contributed by atoms with E-state index in [1.54, 1.807) is 22.0 Å². The van der Waals surface area contributed by atoms with Gasteiger partial charge in [0.25, 0.3) is 0 Å². The lowest BCUT2D eigenvalue weighted by Crippen LogP contribution is -2.37. The first kappa shape index (κ1) is 18.9. The van der Waals surface area contributed by atoms with Gasteiger partial charge in [0, 0.05) is 50.3 Å². The fraction of sp³-hybridized carbons (Fsp3) is 0.556. The number of likely N-dealkylation sites (tertiary alicyclic amines) is 1. The van der Waals surface area contributed by atoms with E-state index >= 15 is 0 Å². The van der Waals surface area contributed by atoms with Crippen molar-refractivity contribution in [2.75, 3.05) is 43.0 Å². The number of aliphatic hydroxyl groups excluding tert-OH is 1. The number of hydrogen-bond acceptors (Lipinski definition) is 7. The highest BCUT2D eigenvalue weighted by molar-refractivity contribution is 6.32. The van der Waals surface area contributed by atoms with E-state index in [1.165, 1.54) is 0 Å². The van der Waals surface area contributed by atoms with Crippen molar-refractivity contribution in [1.82, 2.24) is 24.6 Å². The first-order valence-electron chi connectivity index (χ1n) is 9.15. The summed E-state index contributed by atoms with van der Waals surface area (Å²) in [6, 6.07) is 0. The highest BCUT2D eigenvalue weighted by atomic mass is 35.5. The van der Waals surface area contributed by atoms with Crippen LogP contribution < -0.4 is 10.2 Å². The van der Waals surface area contributed by atoms with Crippen LogP contribution in [0.1, 0.15) is 13.8 Å². The summed E-state index contributed by atoms with van der Waals surface area (Å²) in [7, 11) is 1.84. The molecule has 2 aromatic heterocycles. The highest BCUT2D eigenvalue weighted by Crippen LogP contribution is 2.52. The maximum absolute atomic E-state index is 12.0. The van der Waals surface area contributed by atoms with Gasteiger partial charge in [0.2, 0.25) is 11.9 Å². The Balaban J connectivity index is 1.56. The van der Waals surface area contributed by atoms with Crippen LogP contribution in [0.2, 0.25) is 5.02 Å². The second kappa shape index (κ2) is 6.59. The molecule has 0 unspecified atom stereocenters. The quantitative estimate of drug-likeness (QED) is 0.790. The molecule has 1 amide bonds. The molecule has 2 saturated heterocycles. The third-order valence-electron chi connectivity index (χ3n) is 6.09. The zero-order chi connectivity index (χ0) is 20.1. The van der Waals surface area contributed by atoms with E-state index < -0.39 is 6.61 Å². The number of aryl methyl sites for hydroxylation is 1. The van der Waals surface area contributed by atoms with Crippen molar-refractivity contribution in [3.63, 3.8) is 0 Å². The SMILES string of the molecule is Cn1cc(Nc2ncc(Cl)c(N3C[C@]4(C)CN(C(=O)CO)C[C@]4(C)C3)n2)cn1. The molecule has 4 heterocycles. The van der Waals surface area contributed by atoms with Gasteiger partial charge >= 0.3 is 0 Å². The van der Waals surface area contributed by atoms with Crippen molar-refractivity contribution in [1.29, 1.82) is 0 Å². The Bertz CT molecular complexity index is 899. The number of aromatic nitrogens is 4. The fourth-order valence-electron chi connectivity index (χ4n) is 4.34. The molecule has 9 nitrogen and oxygen atoms in total. The molecule has 28 heavy (non-hydrogen) atoms. The molecule has 2 N–H and O–H groups in total. The van der Waals surface area contributed by atoms with Gasteiger partial charge in [-0.15, -0.1) is 0 Å². The van der Waals surface area contributed by atoms with Gasteiger partial charge in [-0.25, -0.2) is 4.98 Å². The van der Waals surface area contributed by atoms with E-state index in [0.29, 0.717) is 29.9 Å². The van der Waals surface area contributed by atoms with E-state index in [0.717, 1.165) is 18.8 Å². The van der Waals surface area contributed by atoms with Crippen LogP contribution in [-0.2, 0) is 11.8 Å². The minimum absolute atomic E-state index is 0.108. The molecule has 2 fully saturated rings. The third kappa shape index (κ3) is 3.08. The van der Waals surface area contributed by atoms with Crippen molar-refractivity contribution in [3.05, 3.63) is 23.6 Å². The predicted molar refractivity (Wildman–Crippen MR) is 106 cm³/mol. The summed E-state index contributed by atoms with van der Waals surface area (Å²) in [5.41, 5.74) is 0.581. The molecule has 0 bridgehead atoms. The summed E-state index contributed by atoms with van der Waals surface area (Å²) in [6.07, 6.45) is 5.14. The zero-order valence-electron chi connectivity index (χ0n) is 16.2. The van der Waals surface area contributed by atoms with Crippen LogP contribution in [0.15, 0.2) is 18.6 Å². The molecule has 0 saturated carbocycles. The average molecular weight is 406 g/mol. The van der Waals surface area contributed by atoms with Gasteiger partial charge in [-0.1, -0.05) is 25.4 Å². The maximum atomic E-state index is 12.0. The van der Waals surface area contributed by atoms with Gasteiger partial charge in [0.05, 0.1) is 18.1 Å². The number of amides is 1. The molecule has 0 aromatic carbocycles. The van der Waals surface area contributed by atoms with Gasteiger partial charge in [0.1, 0.15) is 11.6 Å². The summed E-state index contributed by atoms with van der Waals surface area (Å²) >= 11 is 6.42. The molecule has 10 heteroatoms. The average Bonchev–Trinajstić information content (AvgIpc) is 3.23.